The molecule has 3 atom stereocenters. The standard InChI is InChI=1S/C30H39F3N2O2S/c31-26-6-4-25(5-7-26)30(32,33)12-8-21-9-13-34(14-10-21)17-24-18-35(19-27(24)23-11-15-38-20-23)28(29(36)37)16-22-2-1-3-22/h4-7,11,15,20-22,24,27-28H,1-3,8-10,12-14,16-19H2,(H,36,37)/t24?,27?,28-/m1/s1. The number of piperidine rings is 1. The van der Waals surface area contributed by atoms with Crippen molar-refractivity contribution in [2.45, 2.75) is 69.2 Å². The van der Waals surface area contributed by atoms with Crippen LogP contribution in [0.15, 0.2) is 41.1 Å². The molecule has 0 spiro atoms. The number of hydrogen-bond donors (Lipinski definition) is 1. The Balaban J connectivity index is 1.15. The fraction of sp³-hybridized carbons (Fsp3) is 0.633. The van der Waals surface area contributed by atoms with E-state index in [0.717, 1.165) is 77.0 Å². The first-order chi connectivity index (χ1) is 18.3. The number of hydrogen-bond acceptors (Lipinski definition) is 4. The second-order valence-electron chi connectivity index (χ2n) is 11.8. The van der Waals surface area contributed by atoms with Gasteiger partial charge in [-0.1, -0.05) is 31.4 Å². The lowest BCUT2D eigenvalue weighted by Gasteiger charge is -2.35. The van der Waals surface area contributed by atoms with Crippen LogP contribution < -0.4 is 0 Å². The summed E-state index contributed by atoms with van der Waals surface area (Å²) in [4.78, 5) is 16.9. The highest BCUT2D eigenvalue weighted by Gasteiger charge is 2.42. The number of nitrogens with zero attached hydrogens (tertiary/aromatic N) is 2. The van der Waals surface area contributed by atoms with Crippen molar-refractivity contribution in [1.82, 2.24) is 9.80 Å². The normalized spacial score (nSPS) is 24.9. The molecular weight excluding hydrogens is 509 g/mol. The topological polar surface area (TPSA) is 43.8 Å². The number of alkyl halides is 2. The maximum absolute atomic E-state index is 14.7. The molecule has 208 valence electrons. The number of carboxylic acid groups (broad SMARTS) is 1. The first-order valence-electron chi connectivity index (χ1n) is 14.1. The highest BCUT2D eigenvalue weighted by atomic mass is 32.1. The van der Waals surface area contributed by atoms with Gasteiger partial charge in [-0.15, -0.1) is 0 Å². The van der Waals surface area contributed by atoms with E-state index in [1.54, 1.807) is 11.3 Å². The molecule has 2 saturated heterocycles. The summed E-state index contributed by atoms with van der Waals surface area (Å²) in [5, 5.41) is 14.3. The Morgan fingerprint density at radius 2 is 1.79 bits per heavy atom. The number of aliphatic carboxylic acids is 1. The zero-order valence-electron chi connectivity index (χ0n) is 21.9. The van der Waals surface area contributed by atoms with Crippen molar-refractivity contribution in [3.63, 3.8) is 0 Å². The fourth-order valence-electron chi connectivity index (χ4n) is 6.67. The molecule has 2 unspecified atom stereocenters. The van der Waals surface area contributed by atoms with Crippen LogP contribution in [0.1, 0.15) is 68.4 Å². The van der Waals surface area contributed by atoms with Gasteiger partial charge in [0, 0.05) is 37.5 Å². The van der Waals surface area contributed by atoms with Crippen LogP contribution in [0.2, 0.25) is 0 Å². The Labute approximate surface area is 227 Å². The van der Waals surface area contributed by atoms with Gasteiger partial charge in [-0.25, -0.2) is 13.2 Å². The summed E-state index contributed by atoms with van der Waals surface area (Å²) >= 11 is 1.69. The van der Waals surface area contributed by atoms with Gasteiger partial charge in [-0.2, -0.15) is 11.3 Å². The zero-order valence-corrected chi connectivity index (χ0v) is 22.7. The number of carboxylic acids is 1. The van der Waals surface area contributed by atoms with E-state index in [1.807, 2.05) is 0 Å². The van der Waals surface area contributed by atoms with Crippen LogP contribution >= 0.6 is 11.3 Å². The Morgan fingerprint density at radius 3 is 2.39 bits per heavy atom. The Bertz CT molecular complexity index is 1040. The molecule has 0 radical (unpaired) electrons. The second kappa shape index (κ2) is 12.1. The molecule has 1 aliphatic carbocycles. The van der Waals surface area contributed by atoms with Crippen LogP contribution in [0.3, 0.4) is 0 Å². The second-order valence-corrected chi connectivity index (χ2v) is 12.5. The summed E-state index contributed by atoms with van der Waals surface area (Å²) in [6.07, 6.45) is 6.34. The highest BCUT2D eigenvalue weighted by molar-refractivity contribution is 7.08. The minimum Gasteiger partial charge on any atom is -0.480 e. The molecule has 2 aliphatic heterocycles. The van der Waals surface area contributed by atoms with Gasteiger partial charge < -0.3 is 10.0 Å². The molecule has 1 aromatic carbocycles. The predicted molar refractivity (Wildman–Crippen MR) is 144 cm³/mol. The quantitative estimate of drug-likeness (QED) is 0.334. The van der Waals surface area contributed by atoms with Gasteiger partial charge in [0.1, 0.15) is 11.9 Å². The molecule has 0 bridgehead atoms. The van der Waals surface area contributed by atoms with Gasteiger partial charge in [-0.3, -0.25) is 9.69 Å². The molecule has 4 nitrogen and oxygen atoms in total. The van der Waals surface area contributed by atoms with Crippen molar-refractivity contribution >= 4 is 17.3 Å². The number of benzene rings is 1. The van der Waals surface area contributed by atoms with Gasteiger partial charge in [0.25, 0.3) is 5.92 Å². The number of likely N-dealkylation sites (tertiary alicyclic amines) is 2. The zero-order chi connectivity index (χ0) is 26.7. The van der Waals surface area contributed by atoms with Gasteiger partial charge >= 0.3 is 5.97 Å². The van der Waals surface area contributed by atoms with Crippen LogP contribution in [-0.4, -0.2) is 59.6 Å². The van der Waals surface area contributed by atoms with Gasteiger partial charge in [-0.05, 0) is 91.0 Å². The van der Waals surface area contributed by atoms with Crippen molar-refractivity contribution in [1.29, 1.82) is 0 Å². The van der Waals surface area contributed by atoms with E-state index in [9.17, 15) is 23.1 Å². The lowest BCUT2D eigenvalue weighted by atomic mass is 9.80. The van der Waals surface area contributed by atoms with E-state index in [4.69, 9.17) is 0 Å². The molecule has 2 aromatic rings. The minimum atomic E-state index is -2.94. The van der Waals surface area contributed by atoms with E-state index in [2.05, 4.69) is 26.6 Å². The molecule has 1 N–H and O–H groups in total. The molecule has 0 amide bonds. The summed E-state index contributed by atoms with van der Waals surface area (Å²) in [7, 11) is 0. The lowest BCUT2D eigenvalue weighted by molar-refractivity contribution is -0.144. The van der Waals surface area contributed by atoms with Crippen LogP contribution in [0.5, 0.6) is 0 Å². The SMILES string of the molecule is O=C(O)[C@@H](CC1CCC1)N1CC(CN2CCC(CCC(F)(F)c3ccc(F)cc3)CC2)C(c2ccsc2)C1. The third-order valence-electron chi connectivity index (χ3n) is 9.28. The summed E-state index contributed by atoms with van der Waals surface area (Å²) in [6.45, 7) is 4.30. The first-order valence-corrected chi connectivity index (χ1v) is 15.1. The minimum absolute atomic E-state index is 0.112. The molecular formula is C30H39F3N2O2S. The fourth-order valence-corrected chi connectivity index (χ4v) is 7.40. The predicted octanol–water partition coefficient (Wildman–Crippen LogP) is 6.83. The Hall–Kier alpha value is -1.90. The summed E-state index contributed by atoms with van der Waals surface area (Å²) in [5.74, 6) is -2.62. The monoisotopic (exact) mass is 548 g/mol. The van der Waals surface area contributed by atoms with Crippen molar-refractivity contribution < 1.29 is 23.1 Å². The molecule has 5 rings (SSSR count). The van der Waals surface area contributed by atoms with E-state index in [1.165, 1.54) is 24.1 Å². The third kappa shape index (κ3) is 6.62. The van der Waals surface area contributed by atoms with Crippen LogP contribution in [0, 0.1) is 23.6 Å². The summed E-state index contributed by atoms with van der Waals surface area (Å²) < 4.78 is 42.4. The largest absolute Gasteiger partial charge is 0.480 e. The number of rotatable bonds is 11. The third-order valence-corrected chi connectivity index (χ3v) is 9.98. The van der Waals surface area contributed by atoms with E-state index < -0.39 is 23.8 Å². The maximum atomic E-state index is 14.7. The molecule has 38 heavy (non-hydrogen) atoms. The van der Waals surface area contributed by atoms with Crippen molar-refractivity contribution in [2.24, 2.45) is 17.8 Å². The number of thiophene rings is 1. The highest BCUT2D eigenvalue weighted by Crippen LogP contribution is 2.40. The van der Waals surface area contributed by atoms with Crippen LogP contribution in [0.4, 0.5) is 13.2 Å². The van der Waals surface area contributed by atoms with Crippen LogP contribution in [0.25, 0.3) is 0 Å². The van der Waals surface area contributed by atoms with E-state index >= 15 is 0 Å². The molecule has 1 saturated carbocycles. The van der Waals surface area contributed by atoms with Crippen molar-refractivity contribution in [3.05, 3.63) is 58.0 Å². The molecule has 3 aliphatic rings. The van der Waals surface area contributed by atoms with Gasteiger partial charge in [0.15, 0.2) is 0 Å². The first kappa shape index (κ1) is 27.7. The molecule has 3 heterocycles. The molecule has 1 aromatic heterocycles. The number of carbonyl (C=O) groups is 1. The smallest absolute Gasteiger partial charge is 0.320 e. The van der Waals surface area contributed by atoms with Crippen LogP contribution in [-0.2, 0) is 10.7 Å². The average molecular weight is 549 g/mol. The maximum Gasteiger partial charge on any atom is 0.320 e. The lowest BCUT2D eigenvalue weighted by Crippen LogP contribution is -2.43. The average Bonchev–Trinajstić information content (AvgIpc) is 3.53. The number of halogens is 3. The summed E-state index contributed by atoms with van der Waals surface area (Å²) in [5.41, 5.74) is 1.20. The Kier molecular flexibility index (Phi) is 8.80. The van der Waals surface area contributed by atoms with E-state index in [0.29, 0.717) is 24.2 Å². The summed E-state index contributed by atoms with van der Waals surface area (Å²) in [6, 6.07) is 6.35. The molecule has 8 heteroatoms. The molecule has 3 fully saturated rings. The van der Waals surface area contributed by atoms with E-state index in [-0.39, 0.29) is 17.9 Å². The van der Waals surface area contributed by atoms with Gasteiger partial charge in [0.2, 0.25) is 0 Å². The Morgan fingerprint density at radius 1 is 1.05 bits per heavy atom. The van der Waals surface area contributed by atoms with Crippen molar-refractivity contribution in [3.8, 4) is 0 Å². The van der Waals surface area contributed by atoms with Crippen molar-refractivity contribution in [2.75, 3.05) is 32.7 Å². The van der Waals surface area contributed by atoms with Gasteiger partial charge in [0.05, 0.1) is 0 Å².